The Morgan fingerprint density at radius 2 is 1.34 bits per heavy atom. The average Bonchev–Trinajstić information content (AvgIpc) is 2.99. The zero-order valence-corrected chi connectivity index (χ0v) is 23.9. The molecule has 0 atom stereocenters. The second-order valence-corrected chi connectivity index (χ2v) is 10.5. The van der Waals surface area contributed by atoms with Gasteiger partial charge in [0.05, 0.1) is 5.52 Å². The number of halogens is 1. The number of anilines is 7. The van der Waals surface area contributed by atoms with E-state index >= 15 is 0 Å². The van der Waals surface area contributed by atoms with E-state index in [9.17, 15) is 0 Å². The van der Waals surface area contributed by atoms with Gasteiger partial charge in [0.25, 0.3) is 0 Å². The molecule has 0 bridgehead atoms. The van der Waals surface area contributed by atoms with Gasteiger partial charge in [0.2, 0.25) is 17.8 Å². The zero-order valence-electron chi connectivity index (χ0n) is 23.1. The normalized spacial score (nSPS) is 13.8. The van der Waals surface area contributed by atoms with Gasteiger partial charge in [-0.2, -0.15) is 15.0 Å². The number of aryl methyl sites for hydroxylation is 1. The summed E-state index contributed by atoms with van der Waals surface area (Å²) in [5.41, 5.74) is 5.75. The number of pyridine rings is 1. The highest BCUT2D eigenvalue weighted by molar-refractivity contribution is 6.31. The molecule has 3 N–H and O–H groups in total. The molecule has 1 aliphatic rings. The molecule has 6 rings (SSSR count). The SMILES string of the molecule is CCN1CCN(c2nc(Nc3ccc(C)cc3)nc(Nc3ccc(Nc4ccnc5cc(Cl)ccc45)cc3)n2)CC1. The number of benzene rings is 3. The van der Waals surface area contributed by atoms with Crippen molar-refractivity contribution in [2.45, 2.75) is 13.8 Å². The first-order chi connectivity index (χ1) is 20.0. The molecule has 5 aromatic rings. The van der Waals surface area contributed by atoms with Crippen molar-refractivity contribution in [3.05, 3.63) is 89.6 Å². The molecule has 0 spiro atoms. The number of nitrogens with zero attached hydrogens (tertiary/aromatic N) is 6. The van der Waals surface area contributed by atoms with E-state index in [0.717, 1.165) is 66.4 Å². The summed E-state index contributed by atoms with van der Waals surface area (Å²) in [4.78, 5) is 23.3. The van der Waals surface area contributed by atoms with Gasteiger partial charge in [-0.15, -0.1) is 0 Å². The predicted molar refractivity (Wildman–Crippen MR) is 168 cm³/mol. The topological polar surface area (TPSA) is 94.1 Å². The highest BCUT2D eigenvalue weighted by atomic mass is 35.5. The van der Waals surface area contributed by atoms with Gasteiger partial charge in [0.1, 0.15) is 0 Å². The molecule has 0 aliphatic carbocycles. The molecule has 0 amide bonds. The van der Waals surface area contributed by atoms with Crippen LogP contribution in [0.2, 0.25) is 5.02 Å². The Kier molecular flexibility index (Phi) is 7.80. The third-order valence-corrected chi connectivity index (χ3v) is 7.39. The van der Waals surface area contributed by atoms with Crippen molar-refractivity contribution in [3.8, 4) is 0 Å². The van der Waals surface area contributed by atoms with Crippen LogP contribution in [0.1, 0.15) is 12.5 Å². The first-order valence-corrected chi connectivity index (χ1v) is 14.2. The molecule has 10 heteroatoms. The van der Waals surface area contributed by atoms with E-state index in [-0.39, 0.29) is 0 Å². The number of fused-ring (bicyclic) bond motifs is 1. The summed E-state index contributed by atoms with van der Waals surface area (Å²) >= 11 is 6.15. The largest absolute Gasteiger partial charge is 0.355 e. The van der Waals surface area contributed by atoms with E-state index in [1.165, 1.54) is 5.56 Å². The second kappa shape index (κ2) is 12.0. The highest BCUT2D eigenvalue weighted by Gasteiger charge is 2.20. The van der Waals surface area contributed by atoms with E-state index in [1.54, 1.807) is 6.20 Å². The molecule has 3 aromatic carbocycles. The van der Waals surface area contributed by atoms with Crippen LogP contribution in [0.25, 0.3) is 10.9 Å². The van der Waals surface area contributed by atoms with Crippen LogP contribution in [0.5, 0.6) is 0 Å². The van der Waals surface area contributed by atoms with Crippen LogP contribution in [0.15, 0.2) is 79.0 Å². The lowest BCUT2D eigenvalue weighted by molar-refractivity contribution is 0.270. The van der Waals surface area contributed by atoms with E-state index < -0.39 is 0 Å². The van der Waals surface area contributed by atoms with Crippen molar-refractivity contribution >= 4 is 63.1 Å². The lowest BCUT2D eigenvalue weighted by Crippen LogP contribution is -2.46. The average molecular weight is 566 g/mol. The molecule has 0 radical (unpaired) electrons. The van der Waals surface area contributed by atoms with Gasteiger partial charge >= 0.3 is 0 Å². The van der Waals surface area contributed by atoms with Crippen LogP contribution in [0.4, 0.5) is 40.6 Å². The molecule has 3 heterocycles. The molecule has 1 aliphatic heterocycles. The number of piperazine rings is 1. The summed E-state index contributed by atoms with van der Waals surface area (Å²) < 4.78 is 0. The predicted octanol–water partition coefficient (Wildman–Crippen LogP) is 6.75. The Hall–Kier alpha value is -4.47. The summed E-state index contributed by atoms with van der Waals surface area (Å²) in [6, 6.07) is 23.9. The number of hydrogen-bond acceptors (Lipinski definition) is 9. The van der Waals surface area contributed by atoms with Gasteiger partial charge in [0, 0.05) is 65.5 Å². The van der Waals surface area contributed by atoms with Crippen LogP contribution in [-0.2, 0) is 0 Å². The molecule has 0 saturated carbocycles. The molecule has 1 saturated heterocycles. The van der Waals surface area contributed by atoms with Crippen molar-refractivity contribution in [2.75, 3.05) is 53.6 Å². The van der Waals surface area contributed by atoms with Gasteiger partial charge in [-0.25, -0.2) is 0 Å². The third-order valence-electron chi connectivity index (χ3n) is 7.16. The van der Waals surface area contributed by atoms with Gasteiger partial charge in [-0.3, -0.25) is 4.98 Å². The Labute approximate surface area is 244 Å². The van der Waals surface area contributed by atoms with Crippen molar-refractivity contribution in [2.24, 2.45) is 0 Å². The molecule has 208 valence electrons. The van der Waals surface area contributed by atoms with Crippen LogP contribution in [0, 0.1) is 6.92 Å². The molecular weight excluding hydrogens is 534 g/mol. The van der Waals surface area contributed by atoms with E-state index in [4.69, 9.17) is 21.6 Å². The smallest absolute Gasteiger partial charge is 0.233 e. The minimum absolute atomic E-state index is 0.486. The molecule has 41 heavy (non-hydrogen) atoms. The van der Waals surface area contributed by atoms with Gasteiger partial charge in [-0.05, 0) is 74.1 Å². The Bertz CT molecular complexity index is 1630. The number of rotatable bonds is 8. The minimum atomic E-state index is 0.486. The maximum Gasteiger partial charge on any atom is 0.233 e. The number of aromatic nitrogens is 4. The fourth-order valence-electron chi connectivity index (χ4n) is 4.80. The van der Waals surface area contributed by atoms with E-state index in [1.807, 2.05) is 60.7 Å². The number of hydrogen-bond donors (Lipinski definition) is 3. The highest BCUT2D eigenvalue weighted by Crippen LogP contribution is 2.28. The maximum absolute atomic E-state index is 6.15. The Morgan fingerprint density at radius 3 is 1.98 bits per heavy atom. The van der Waals surface area contributed by atoms with Crippen molar-refractivity contribution in [3.63, 3.8) is 0 Å². The first-order valence-electron chi connectivity index (χ1n) is 13.8. The van der Waals surface area contributed by atoms with Gasteiger partial charge < -0.3 is 25.8 Å². The van der Waals surface area contributed by atoms with Gasteiger partial charge in [-0.1, -0.05) is 36.2 Å². The number of nitrogens with one attached hydrogen (secondary N) is 3. The number of likely N-dealkylation sites (N-methyl/N-ethyl adjacent to an activating group) is 1. The summed E-state index contributed by atoms with van der Waals surface area (Å²) in [5, 5.41) is 11.9. The second-order valence-electron chi connectivity index (χ2n) is 10.0. The van der Waals surface area contributed by atoms with Crippen molar-refractivity contribution in [1.29, 1.82) is 0 Å². The molecule has 2 aromatic heterocycles. The summed E-state index contributed by atoms with van der Waals surface area (Å²) in [6.07, 6.45) is 1.78. The maximum atomic E-state index is 6.15. The molecule has 9 nitrogen and oxygen atoms in total. The lowest BCUT2D eigenvalue weighted by atomic mass is 10.2. The molecular formula is C31H32ClN9. The van der Waals surface area contributed by atoms with E-state index in [2.05, 4.69) is 61.7 Å². The fraction of sp³-hybridized carbons (Fsp3) is 0.226. The van der Waals surface area contributed by atoms with Crippen LogP contribution in [-0.4, -0.2) is 57.6 Å². The standard InChI is InChI=1S/C31H32ClN9/c1-3-40-16-18-41(19-17-40)31-38-29(35-24-7-4-21(2)5-8-24)37-30(39-31)36-25-11-9-23(10-12-25)34-27-14-15-33-28-20-22(32)6-13-26(27)28/h4-15,20H,3,16-19H2,1-2H3,(H,33,34)(H2,35,36,37,38,39). The lowest BCUT2D eigenvalue weighted by Gasteiger charge is -2.34. The van der Waals surface area contributed by atoms with Crippen molar-refractivity contribution < 1.29 is 0 Å². The molecule has 1 fully saturated rings. The van der Waals surface area contributed by atoms with Crippen LogP contribution < -0.4 is 20.9 Å². The summed E-state index contributed by atoms with van der Waals surface area (Å²) in [5.74, 6) is 1.65. The third kappa shape index (κ3) is 6.48. The zero-order chi connectivity index (χ0) is 28.2. The van der Waals surface area contributed by atoms with Crippen LogP contribution in [0.3, 0.4) is 0 Å². The fourth-order valence-corrected chi connectivity index (χ4v) is 4.97. The quantitative estimate of drug-likeness (QED) is 0.189. The monoisotopic (exact) mass is 565 g/mol. The van der Waals surface area contributed by atoms with E-state index in [0.29, 0.717) is 22.9 Å². The Balaban J connectivity index is 1.22. The van der Waals surface area contributed by atoms with Crippen LogP contribution >= 0.6 is 11.6 Å². The first kappa shape index (κ1) is 26.7. The minimum Gasteiger partial charge on any atom is -0.355 e. The van der Waals surface area contributed by atoms with Gasteiger partial charge in [0.15, 0.2) is 0 Å². The summed E-state index contributed by atoms with van der Waals surface area (Å²) in [7, 11) is 0. The Morgan fingerprint density at radius 1 is 0.732 bits per heavy atom. The van der Waals surface area contributed by atoms with Crippen molar-refractivity contribution in [1.82, 2.24) is 24.8 Å². The summed E-state index contributed by atoms with van der Waals surface area (Å²) in [6.45, 7) is 9.03. The molecule has 0 unspecified atom stereocenters.